The largest absolute Gasteiger partial charge is 0.469 e. The van der Waals surface area contributed by atoms with Gasteiger partial charge in [-0.05, 0) is 19.8 Å². The van der Waals surface area contributed by atoms with Gasteiger partial charge in [0.25, 0.3) is 0 Å². The first kappa shape index (κ1) is 13.3. The number of esters is 1. The van der Waals surface area contributed by atoms with E-state index in [1.807, 2.05) is 0 Å². The molecule has 2 atom stereocenters. The third-order valence-electron chi connectivity index (χ3n) is 3.12. The van der Waals surface area contributed by atoms with Gasteiger partial charge < -0.3 is 10.1 Å². The lowest BCUT2D eigenvalue weighted by Gasteiger charge is -2.27. The summed E-state index contributed by atoms with van der Waals surface area (Å²) in [5, 5.41) is 2.50. The molecule has 1 saturated carbocycles. The second-order valence-electron chi connectivity index (χ2n) is 4.32. The summed E-state index contributed by atoms with van der Waals surface area (Å²) in [5.74, 6) is -1.09. The van der Waals surface area contributed by atoms with E-state index in [9.17, 15) is 18.0 Å². The number of hydrogen-bond acceptors (Lipinski definition) is 3. The van der Waals surface area contributed by atoms with Gasteiger partial charge in [0, 0.05) is 6.04 Å². The van der Waals surface area contributed by atoms with Crippen molar-refractivity contribution in [2.75, 3.05) is 7.11 Å². The molecule has 6 heteroatoms. The van der Waals surface area contributed by atoms with Crippen LogP contribution in [0, 0.1) is 5.92 Å². The van der Waals surface area contributed by atoms with Crippen molar-refractivity contribution in [1.82, 2.24) is 5.32 Å². The predicted molar refractivity (Wildman–Crippen MR) is 51.8 cm³/mol. The summed E-state index contributed by atoms with van der Waals surface area (Å²) in [4.78, 5) is 11.2. The van der Waals surface area contributed by atoms with Gasteiger partial charge in [0.15, 0.2) is 0 Å². The lowest BCUT2D eigenvalue weighted by Crippen LogP contribution is -2.51. The van der Waals surface area contributed by atoms with Gasteiger partial charge in [0.1, 0.15) is 5.54 Å². The Balaban J connectivity index is 2.58. The second-order valence-corrected chi connectivity index (χ2v) is 4.32. The predicted octanol–water partition coefficient (Wildman–Crippen LogP) is 1.87. The molecule has 3 nitrogen and oxygen atoms in total. The molecule has 94 valence electrons. The van der Waals surface area contributed by atoms with Crippen LogP contribution in [0.4, 0.5) is 13.2 Å². The molecule has 16 heavy (non-hydrogen) atoms. The molecule has 0 bridgehead atoms. The normalized spacial score (nSPS) is 22.4. The van der Waals surface area contributed by atoms with Gasteiger partial charge >= 0.3 is 12.1 Å². The highest BCUT2D eigenvalue weighted by Gasteiger charge is 2.63. The van der Waals surface area contributed by atoms with Crippen LogP contribution >= 0.6 is 0 Å². The molecule has 2 unspecified atom stereocenters. The summed E-state index contributed by atoms with van der Waals surface area (Å²) in [6.07, 6.45) is -4.10. The fourth-order valence-electron chi connectivity index (χ4n) is 1.59. The summed E-state index contributed by atoms with van der Waals surface area (Å²) in [6.45, 7) is 3.11. The Labute approximate surface area is 92.3 Å². The Morgan fingerprint density at radius 1 is 1.38 bits per heavy atom. The molecule has 1 fully saturated rings. The SMILES string of the molecule is COC(=O)C(C)C(C)NC1(C(F)(F)F)CC1. The molecule has 0 saturated heterocycles. The van der Waals surface area contributed by atoms with E-state index in [0.29, 0.717) is 0 Å². The number of nitrogens with one attached hydrogen (secondary N) is 1. The first-order valence-electron chi connectivity index (χ1n) is 5.16. The van der Waals surface area contributed by atoms with Crippen LogP contribution in [0.25, 0.3) is 0 Å². The van der Waals surface area contributed by atoms with Crippen LogP contribution < -0.4 is 5.32 Å². The average Bonchev–Trinajstić information content (AvgIpc) is 2.95. The van der Waals surface area contributed by atoms with Crippen molar-refractivity contribution in [3.8, 4) is 0 Å². The Morgan fingerprint density at radius 3 is 2.19 bits per heavy atom. The monoisotopic (exact) mass is 239 g/mol. The molecule has 1 rings (SSSR count). The number of ether oxygens (including phenoxy) is 1. The summed E-state index contributed by atoms with van der Waals surface area (Å²) in [7, 11) is 1.22. The van der Waals surface area contributed by atoms with E-state index < -0.39 is 29.6 Å². The van der Waals surface area contributed by atoms with Crippen molar-refractivity contribution < 1.29 is 22.7 Å². The molecule has 0 aliphatic heterocycles. The molecular formula is C10H16F3NO2. The molecule has 1 N–H and O–H groups in total. The van der Waals surface area contributed by atoms with Crippen molar-refractivity contribution in [2.45, 2.75) is 44.4 Å². The topological polar surface area (TPSA) is 38.3 Å². The van der Waals surface area contributed by atoms with Crippen LogP contribution in [0.15, 0.2) is 0 Å². The first-order valence-corrected chi connectivity index (χ1v) is 5.16. The smallest absolute Gasteiger partial charge is 0.406 e. The molecule has 0 spiro atoms. The van der Waals surface area contributed by atoms with E-state index in [4.69, 9.17) is 0 Å². The van der Waals surface area contributed by atoms with Crippen LogP contribution in [-0.2, 0) is 9.53 Å². The van der Waals surface area contributed by atoms with E-state index in [2.05, 4.69) is 10.1 Å². The Kier molecular flexibility index (Phi) is 3.52. The third-order valence-corrected chi connectivity index (χ3v) is 3.12. The maximum absolute atomic E-state index is 12.6. The number of halogens is 3. The quantitative estimate of drug-likeness (QED) is 0.761. The minimum absolute atomic E-state index is 0.0781. The molecule has 0 aromatic heterocycles. The van der Waals surface area contributed by atoms with E-state index in [1.165, 1.54) is 7.11 Å². The number of carbonyl (C=O) groups is 1. The number of carbonyl (C=O) groups excluding carboxylic acids is 1. The Hall–Kier alpha value is -0.780. The lowest BCUT2D eigenvalue weighted by molar-refractivity contribution is -0.170. The number of hydrogen-bond donors (Lipinski definition) is 1. The highest BCUT2D eigenvalue weighted by Crippen LogP contribution is 2.49. The lowest BCUT2D eigenvalue weighted by atomic mass is 10.0. The first-order chi connectivity index (χ1) is 7.23. The standard InChI is InChI=1S/C10H16F3NO2/c1-6(8(15)16-3)7(2)14-9(4-5-9)10(11,12)13/h6-7,14H,4-5H2,1-3H3. The van der Waals surface area contributed by atoms with Crippen LogP contribution in [0.5, 0.6) is 0 Å². The Morgan fingerprint density at radius 2 is 1.88 bits per heavy atom. The van der Waals surface area contributed by atoms with Crippen molar-refractivity contribution in [2.24, 2.45) is 5.92 Å². The summed E-state index contributed by atoms with van der Waals surface area (Å²) < 4.78 is 42.4. The molecule has 0 amide bonds. The zero-order valence-corrected chi connectivity index (χ0v) is 9.52. The molecule has 0 heterocycles. The molecule has 0 aromatic carbocycles. The summed E-state index contributed by atoms with van der Waals surface area (Å²) in [5.41, 5.74) is -1.78. The zero-order chi connectivity index (χ0) is 12.6. The summed E-state index contributed by atoms with van der Waals surface area (Å²) in [6, 6.07) is -0.559. The minimum Gasteiger partial charge on any atom is -0.469 e. The second kappa shape index (κ2) is 4.24. The average molecular weight is 239 g/mol. The molecule has 1 aliphatic carbocycles. The van der Waals surface area contributed by atoms with Crippen molar-refractivity contribution in [3.63, 3.8) is 0 Å². The van der Waals surface area contributed by atoms with Crippen molar-refractivity contribution >= 4 is 5.97 Å². The van der Waals surface area contributed by atoms with E-state index in [0.717, 1.165) is 0 Å². The van der Waals surface area contributed by atoms with Gasteiger partial charge in [-0.25, -0.2) is 0 Å². The number of rotatable bonds is 4. The molecule has 0 aromatic rings. The van der Waals surface area contributed by atoms with Crippen LogP contribution in [0.2, 0.25) is 0 Å². The van der Waals surface area contributed by atoms with E-state index >= 15 is 0 Å². The molecule has 0 radical (unpaired) electrons. The van der Waals surface area contributed by atoms with E-state index in [1.54, 1.807) is 13.8 Å². The van der Waals surface area contributed by atoms with Gasteiger partial charge in [-0.2, -0.15) is 13.2 Å². The number of methoxy groups -OCH3 is 1. The highest BCUT2D eigenvalue weighted by molar-refractivity contribution is 5.72. The fourth-order valence-corrected chi connectivity index (χ4v) is 1.59. The minimum atomic E-state index is -4.25. The van der Waals surface area contributed by atoms with Crippen LogP contribution in [0.1, 0.15) is 26.7 Å². The van der Waals surface area contributed by atoms with Crippen molar-refractivity contribution in [3.05, 3.63) is 0 Å². The van der Waals surface area contributed by atoms with Crippen LogP contribution in [0.3, 0.4) is 0 Å². The van der Waals surface area contributed by atoms with Crippen LogP contribution in [-0.4, -0.2) is 30.8 Å². The van der Waals surface area contributed by atoms with Gasteiger partial charge in [-0.15, -0.1) is 0 Å². The summed E-state index contributed by atoms with van der Waals surface area (Å²) >= 11 is 0. The highest BCUT2D eigenvalue weighted by atomic mass is 19.4. The fraction of sp³-hybridized carbons (Fsp3) is 0.900. The van der Waals surface area contributed by atoms with Gasteiger partial charge in [-0.1, -0.05) is 6.92 Å². The van der Waals surface area contributed by atoms with Gasteiger partial charge in [0.2, 0.25) is 0 Å². The number of alkyl halides is 3. The van der Waals surface area contributed by atoms with Crippen molar-refractivity contribution in [1.29, 1.82) is 0 Å². The third kappa shape index (κ3) is 2.48. The maximum Gasteiger partial charge on any atom is 0.406 e. The molecule has 1 aliphatic rings. The van der Waals surface area contributed by atoms with E-state index in [-0.39, 0.29) is 12.8 Å². The zero-order valence-electron chi connectivity index (χ0n) is 9.52. The molecular weight excluding hydrogens is 223 g/mol. The maximum atomic E-state index is 12.6. The van der Waals surface area contributed by atoms with Gasteiger partial charge in [0.05, 0.1) is 13.0 Å². The Bertz CT molecular complexity index is 274. The van der Waals surface area contributed by atoms with Gasteiger partial charge in [-0.3, -0.25) is 4.79 Å².